The molecule has 25 heavy (non-hydrogen) atoms. The monoisotopic (exact) mass is 361 g/mol. The van der Waals surface area contributed by atoms with E-state index in [0.29, 0.717) is 22.5 Å². The van der Waals surface area contributed by atoms with Crippen molar-refractivity contribution in [2.75, 3.05) is 0 Å². The average Bonchev–Trinajstić information content (AvgIpc) is 3.01. The molecule has 0 atom stereocenters. The summed E-state index contributed by atoms with van der Waals surface area (Å²) in [5.41, 5.74) is 7.77. The molecule has 1 heterocycles. The first-order chi connectivity index (χ1) is 11.8. The molecule has 0 aliphatic rings. The van der Waals surface area contributed by atoms with Gasteiger partial charge in [0.1, 0.15) is 4.99 Å². The Morgan fingerprint density at radius 3 is 2.16 bits per heavy atom. The fraction of sp³-hybridized carbons (Fsp3) is 0.111. The topological polar surface area (TPSA) is 43.8 Å². The summed E-state index contributed by atoms with van der Waals surface area (Å²) in [6, 6.07) is 14.9. The van der Waals surface area contributed by atoms with Crippen LogP contribution < -0.4 is 5.73 Å². The number of hydrogen-bond acceptors (Lipinski definition) is 2. The van der Waals surface area contributed by atoms with Crippen LogP contribution in [0.3, 0.4) is 0 Å². The van der Waals surface area contributed by atoms with Gasteiger partial charge in [-0.15, -0.1) is 0 Å². The van der Waals surface area contributed by atoms with E-state index in [1.807, 2.05) is 19.1 Å². The SMILES string of the molecule is Cc1ccc(-c2cc(C(F)(F)F)nn2-c2ccc(C(N)=S)cc2)cc1. The molecule has 3 rings (SSSR count). The Balaban J connectivity index is 2.15. The van der Waals surface area contributed by atoms with Gasteiger partial charge < -0.3 is 5.73 Å². The summed E-state index contributed by atoms with van der Waals surface area (Å²) >= 11 is 4.90. The highest BCUT2D eigenvalue weighted by Gasteiger charge is 2.35. The minimum Gasteiger partial charge on any atom is -0.389 e. The summed E-state index contributed by atoms with van der Waals surface area (Å²) in [5, 5.41) is 3.75. The molecule has 0 aliphatic carbocycles. The van der Waals surface area contributed by atoms with Gasteiger partial charge in [0, 0.05) is 11.1 Å². The minimum atomic E-state index is -4.52. The lowest BCUT2D eigenvalue weighted by Gasteiger charge is -2.09. The number of alkyl halides is 3. The number of thiocarbonyl (C=S) groups is 1. The number of aromatic nitrogens is 2. The van der Waals surface area contributed by atoms with E-state index in [1.54, 1.807) is 36.4 Å². The van der Waals surface area contributed by atoms with Gasteiger partial charge >= 0.3 is 6.18 Å². The van der Waals surface area contributed by atoms with Gasteiger partial charge in [0.25, 0.3) is 0 Å². The Morgan fingerprint density at radius 1 is 1.04 bits per heavy atom. The molecule has 0 unspecified atom stereocenters. The van der Waals surface area contributed by atoms with Crippen LogP contribution in [0.15, 0.2) is 54.6 Å². The number of nitrogens with zero attached hydrogens (tertiary/aromatic N) is 2. The summed E-state index contributed by atoms with van der Waals surface area (Å²) in [5.74, 6) is 0. The van der Waals surface area contributed by atoms with Crippen LogP contribution in [0.25, 0.3) is 16.9 Å². The second-order valence-corrected chi connectivity index (χ2v) is 6.04. The second-order valence-electron chi connectivity index (χ2n) is 5.60. The summed E-state index contributed by atoms with van der Waals surface area (Å²) in [4.78, 5) is 0.224. The van der Waals surface area contributed by atoms with Crippen LogP contribution in [0.4, 0.5) is 13.2 Å². The molecule has 0 amide bonds. The molecule has 0 fully saturated rings. The summed E-state index contributed by atoms with van der Waals surface area (Å²) in [7, 11) is 0. The Kier molecular flexibility index (Phi) is 4.34. The second kappa shape index (κ2) is 6.33. The molecule has 0 aliphatic heterocycles. The van der Waals surface area contributed by atoms with Gasteiger partial charge in [0.05, 0.1) is 11.4 Å². The van der Waals surface area contributed by atoms with Gasteiger partial charge in [-0.2, -0.15) is 18.3 Å². The molecule has 0 bridgehead atoms. The van der Waals surface area contributed by atoms with Gasteiger partial charge in [-0.05, 0) is 37.3 Å². The lowest BCUT2D eigenvalue weighted by molar-refractivity contribution is -0.141. The van der Waals surface area contributed by atoms with Gasteiger partial charge in [-0.3, -0.25) is 0 Å². The number of hydrogen-bond donors (Lipinski definition) is 1. The van der Waals surface area contributed by atoms with Crippen molar-refractivity contribution in [1.29, 1.82) is 0 Å². The third-order valence-corrected chi connectivity index (χ3v) is 3.98. The first-order valence-corrected chi connectivity index (χ1v) is 7.81. The third-order valence-electron chi connectivity index (χ3n) is 3.74. The largest absolute Gasteiger partial charge is 0.435 e. The van der Waals surface area contributed by atoms with Crippen molar-refractivity contribution in [1.82, 2.24) is 9.78 Å². The highest BCUT2D eigenvalue weighted by atomic mass is 32.1. The minimum absolute atomic E-state index is 0.224. The highest BCUT2D eigenvalue weighted by Crippen LogP contribution is 2.33. The molecule has 0 radical (unpaired) electrons. The van der Waals surface area contributed by atoms with Crippen LogP contribution in [-0.4, -0.2) is 14.8 Å². The van der Waals surface area contributed by atoms with Crippen molar-refractivity contribution >= 4 is 17.2 Å². The van der Waals surface area contributed by atoms with Crippen LogP contribution in [0.5, 0.6) is 0 Å². The van der Waals surface area contributed by atoms with Gasteiger partial charge in [-0.25, -0.2) is 4.68 Å². The van der Waals surface area contributed by atoms with Crippen LogP contribution in [-0.2, 0) is 6.18 Å². The zero-order valence-corrected chi connectivity index (χ0v) is 14.0. The maximum absolute atomic E-state index is 13.1. The number of benzene rings is 2. The number of halogens is 3. The number of nitrogens with two attached hydrogens (primary N) is 1. The molecule has 3 aromatic rings. The smallest absolute Gasteiger partial charge is 0.389 e. The maximum atomic E-state index is 13.1. The Morgan fingerprint density at radius 2 is 1.64 bits per heavy atom. The zero-order chi connectivity index (χ0) is 18.2. The van der Waals surface area contributed by atoms with Crippen molar-refractivity contribution in [2.45, 2.75) is 13.1 Å². The molecule has 3 nitrogen and oxygen atoms in total. The summed E-state index contributed by atoms with van der Waals surface area (Å²) in [6.45, 7) is 1.91. The Labute approximate surface area is 147 Å². The quantitative estimate of drug-likeness (QED) is 0.699. The predicted molar refractivity (Wildman–Crippen MR) is 94.6 cm³/mol. The number of rotatable bonds is 3. The van der Waals surface area contributed by atoms with Gasteiger partial charge in [0.2, 0.25) is 0 Å². The van der Waals surface area contributed by atoms with Crippen molar-refractivity contribution in [3.63, 3.8) is 0 Å². The van der Waals surface area contributed by atoms with E-state index >= 15 is 0 Å². The van der Waals surface area contributed by atoms with Gasteiger partial charge in [-0.1, -0.05) is 42.0 Å². The molecule has 1 aromatic heterocycles. The lowest BCUT2D eigenvalue weighted by atomic mass is 10.1. The van der Waals surface area contributed by atoms with E-state index in [1.165, 1.54) is 4.68 Å². The van der Waals surface area contributed by atoms with Crippen molar-refractivity contribution in [3.05, 3.63) is 71.4 Å². The van der Waals surface area contributed by atoms with Crippen molar-refractivity contribution in [2.24, 2.45) is 5.73 Å². The van der Waals surface area contributed by atoms with Gasteiger partial charge in [0.15, 0.2) is 5.69 Å². The van der Waals surface area contributed by atoms with Crippen LogP contribution >= 0.6 is 12.2 Å². The Hall–Kier alpha value is -2.67. The Bertz CT molecular complexity index is 910. The lowest BCUT2D eigenvalue weighted by Crippen LogP contribution is -2.10. The third kappa shape index (κ3) is 3.56. The zero-order valence-electron chi connectivity index (χ0n) is 13.2. The molecule has 7 heteroatoms. The van der Waals surface area contributed by atoms with E-state index < -0.39 is 11.9 Å². The van der Waals surface area contributed by atoms with E-state index in [0.717, 1.165) is 11.6 Å². The fourth-order valence-corrected chi connectivity index (χ4v) is 2.55. The summed E-state index contributed by atoms with van der Waals surface area (Å²) in [6.07, 6.45) is -4.52. The fourth-order valence-electron chi connectivity index (χ4n) is 2.41. The van der Waals surface area contributed by atoms with E-state index in [-0.39, 0.29) is 4.99 Å². The number of aryl methyl sites for hydroxylation is 1. The first-order valence-electron chi connectivity index (χ1n) is 7.40. The molecule has 0 spiro atoms. The van der Waals surface area contributed by atoms with Crippen molar-refractivity contribution in [3.8, 4) is 16.9 Å². The molecule has 0 saturated carbocycles. The average molecular weight is 361 g/mol. The highest BCUT2D eigenvalue weighted by molar-refractivity contribution is 7.80. The normalized spacial score (nSPS) is 11.5. The van der Waals surface area contributed by atoms with Crippen molar-refractivity contribution < 1.29 is 13.2 Å². The predicted octanol–water partition coefficient (Wildman–Crippen LogP) is 4.50. The van der Waals surface area contributed by atoms with Crippen LogP contribution in [0.1, 0.15) is 16.8 Å². The molecule has 2 N–H and O–H groups in total. The molecule has 128 valence electrons. The van der Waals surface area contributed by atoms with Crippen LogP contribution in [0.2, 0.25) is 0 Å². The molecule has 0 saturated heterocycles. The molecular formula is C18H14F3N3S. The molecular weight excluding hydrogens is 347 g/mol. The van der Waals surface area contributed by atoms with E-state index in [2.05, 4.69) is 5.10 Å². The maximum Gasteiger partial charge on any atom is 0.435 e. The van der Waals surface area contributed by atoms with E-state index in [9.17, 15) is 13.2 Å². The van der Waals surface area contributed by atoms with Crippen LogP contribution in [0, 0.1) is 6.92 Å². The summed E-state index contributed by atoms with van der Waals surface area (Å²) < 4.78 is 40.7. The standard InChI is InChI=1S/C18H14F3N3S/c1-11-2-4-12(5-3-11)15-10-16(18(19,20)21)23-24(15)14-8-6-13(7-9-14)17(22)25/h2-10H,1H3,(H2,22,25). The molecule has 2 aromatic carbocycles. The first kappa shape index (κ1) is 17.2. The van der Waals surface area contributed by atoms with E-state index in [4.69, 9.17) is 18.0 Å².